The maximum Gasteiger partial charge on any atom is 0.276 e. The third-order valence-electron chi connectivity index (χ3n) is 4.50. The van der Waals surface area contributed by atoms with Gasteiger partial charge in [-0.25, -0.2) is 4.98 Å². The van der Waals surface area contributed by atoms with Gasteiger partial charge in [0.1, 0.15) is 10.6 Å². The number of likely N-dealkylation sites (tertiary alicyclic amines) is 1. The van der Waals surface area contributed by atoms with Gasteiger partial charge in [-0.05, 0) is 38.8 Å². The van der Waals surface area contributed by atoms with Crippen molar-refractivity contribution in [2.24, 2.45) is 0 Å². The van der Waals surface area contributed by atoms with Gasteiger partial charge >= 0.3 is 0 Å². The van der Waals surface area contributed by atoms with E-state index in [0.717, 1.165) is 35.0 Å². The van der Waals surface area contributed by atoms with Crippen LogP contribution in [0.25, 0.3) is 11.6 Å². The second kappa shape index (κ2) is 6.95. The molecule has 0 aromatic carbocycles. The fourth-order valence-corrected chi connectivity index (χ4v) is 4.13. The standard InChI is InChI=1S/C18H19N5O2S/c1-11-15(26-12(2)20-11)18(24)23-9-5-6-13(10-23)16-21-17(25-22-16)14-7-3-4-8-19-14/h3-4,7-8,13H,5-6,9-10H2,1-2H3/t13-/m1/s1. The first-order chi connectivity index (χ1) is 12.6. The van der Waals surface area contributed by atoms with Crippen molar-refractivity contribution in [2.75, 3.05) is 13.1 Å². The van der Waals surface area contributed by atoms with E-state index in [1.807, 2.05) is 36.9 Å². The molecule has 4 heterocycles. The van der Waals surface area contributed by atoms with Gasteiger partial charge in [-0.3, -0.25) is 9.78 Å². The van der Waals surface area contributed by atoms with Gasteiger partial charge < -0.3 is 9.42 Å². The smallest absolute Gasteiger partial charge is 0.276 e. The summed E-state index contributed by atoms with van der Waals surface area (Å²) in [5.74, 6) is 1.17. The molecule has 26 heavy (non-hydrogen) atoms. The van der Waals surface area contributed by atoms with Gasteiger partial charge in [0, 0.05) is 25.2 Å². The van der Waals surface area contributed by atoms with Crippen LogP contribution in [0.15, 0.2) is 28.9 Å². The minimum Gasteiger partial charge on any atom is -0.337 e. The molecule has 0 saturated carbocycles. The summed E-state index contributed by atoms with van der Waals surface area (Å²) in [7, 11) is 0. The van der Waals surface area contributed by atoms with E-state index in [1.54, 1.807) is 6.20 Å². The number of thiazole rings is 1. The lowest BCUT2D eigenvalue weighted by atomic mass is 9.97. The Bertz CT molecular complexity index is 921. The second-order valence-electron chi connectivity index (χ2n) is 6.41. The molecule has 1 atom stereocenters. The Hall–Kier alpha value is -2.61. The zero-order valence-electron chi connectivity index (χ0n) is 14.7. The van der Waals surface area contributed by atoms with Crippen molar-refractivity contribution < 1.29 is 9.32 Å². The first-order valence-corrected chi connectivity index (χ1v) is 9.42. The number of aryl methyl sites for hydroxylation is 2. The predicted octanol–water partition coefficient (Wildman–Crippen LogP) is 3.22. The van der Waals surface area contributed by atoms with Gasteiger partial charge in [0.05, 0.1) is 10.7 Å². The maximum atomic E-state index is 12.9. The molecule has 1 fully saturated rings. The summed E-state index contributed by atoms with van der Waals surface area (Å²) >= 11 is 1.45. The van der Waals surface area contributed by atoms with Crippen LogP contribution in [-0.2, 0) is 0 Å². The summed E-state index contributed by atoms with van der Waals surface area (Å²) in [5, 5.41) is 5.05. The number of carbonyl (C=O) groups is 1. The molecule has 1 amide bonds. The Morgan fingerprint density at radius 2 is 2.19 bits per heavy atom. The van der Waals surface area contributed by atoms with Gasteiger partial charge in [0.2, 0.25) is 0 Å². The Labute approximate surface area is 155 Å². The highest BCUT2D eigenvalue weighted by Crippen LogP contribution is 2.29. The van der Waals surface area contributed by atoms with Crippen LogP contribution in [0.1, 0.15) is 45.0 Å². The monoisotopic (exact) mass is 369 g/mol. The Morgan fingerprint density at radius 3 is 2.92 bits per heavy atom. The zero-order chi connectivity index (χ0) is 18.1. The SMILES string of the molecule is Cc1nc(C)c(C(=O)N2CCC[C@@H](c3noc(-c4ccccn4)n3)C2)s1. The first kappa shape index (κ1) is 16.8. The molecular weight excluding hydrogens is 350 g/mol. The number of aromatic nitrogens is 4. The molecule has 3 aromatic rings. The third-order valence-corrected chi connectivity index (χ3v) is 5.56. The van der Waals surface area contributed by atoms with E-state index in [1.165, 1.54) is 11.3 Å². The Balaban J connectivity index is 1.51. The molecule has 1 saturated heterocycles. The molecule has 0 N–H and O–H groups in total. The lowest BCUT2D eigenvalue weighted by molar-refractivity contribution is 0.0707. The van der Waals surface area contributed by atoms with Crippen molar-refractivity contribution in [3.05, 3.63) is 45.8 Å². The van der Waals surface area contributed by atoms with E-state index < -0.39 is 0 Å². The number of rotatable bonds is 3. The highest BCUT2D eigenvalue weighted by Gasteiger charge is 2.30. The van der Waals surface area contributed by atoms with Crippen LogP contribution in [0.3, 0.4) is 0 Å². The van der Waals surface area contributed by atoms with Crippen LogP contribution in [0.5, 0.6) is 0 Å². The molecule has 134 valence electrons. The predicted molar refractivity (Wildman–Crippen MR) is 97.0 cm³/mol. The second-order valence-corrected chi connectivity index (χ2v) is 7.61. The van der Waals surface area contributed by atoms with E-state index >= 15 is 0 Å². The van der Waals surface area contributed by atoms with Crippen molar-refractivity contribution in [1.82, 2.24) is 25.0 Å². The number of amides is 1. The fraction of sp³-hybridized carbons (Fsp3) is 0.389. The summed E-state index contributed by atoms with van der Waals surface area (Å²) in [5.41, 5.74) is 1.46. The lowest BCUT2D eigenvalue weighted by Crippen LogP contribution is -2.39. The molecule has 7 nitrogen and oxygen atoms in total. The largest absolute Gasteiger partial charge is 0.337 e. The van der Waals surface area contributed by atoms with Crippen molar-refractivity contribution in [3.8, 4) is 11.6 Å². The van der Waals surface area contributed by atoms with Gasteiger partial charge in [0.25, 0.3) is 11.8 Å². The maximum absolute atomic E-state index is 12.9. The molecule has 0 spiro atoms. The summed E-state index contributed by atoms with van der Waals surface area (Å²) < 4.78 is 5.37. The number of nitrogens with zero attached hydrogens (tertiary/aromatic N) is 5. The highest BCUT2D eigenvalue weighted by atomic mass is 32.1. The van der Waals surface area contributed by atoms with Crippen molar-refractivity contribution in [3.63, 3.8) is 0 Å². The number of hydrogen-bond donors (Lipinski definition) is 0. The van der Waals surface area contributed by atoms with E-state index in [0.29, 0.717) is 24.0 Å². The molecule has 0 aliphatic carbocycles. The van der Waals surface area contributed by atoms with Crippen molar-refractivity contribution in [1.29, 1.82) is 0 Å². The summed E-state index contributed by atoms with van der Waals surface area (Å²) in [6.07, 6.45) is 3.55. The van der Waals surface area contributed by atoms with Crippen LogP contribution >= 0.6 is 11.3 Å². The van der Waals surface area contributed by atoms with Gasteiger partial charge in [0.15, 0.2) is 5.82 Å². The average Bonchev–Trinajstić information content (AvgIpc) is 3.28. The topological polar surface area (TPSA) is 85.0 Å². The van der Waals surface area contributed by atoms with E-state index in [9.17, 15) is 4.79 Å². The number of carbonyl (C=O) groups excluding carboxylic acids is 1. The highest BCUT2D eigenvalue weighted by molar-refractivity contribution is 7.13. The Kier molecular flexibility index (Phi) is 4.50. The van der Waals surface area contributed by atoms with Crippen molar-refractivity contribution >= 4 is 17.2 Å². The van der Waals surface area contributed by atoms with Crippen LogP contribution in [0.4, 0.5) is 0 Å². The molecule has 3 aromatic heterocycles. The molecule has 1 aliphatic heterocycles. The molecule has 0 unspecified atom stereocenters. The van der Waals surface area contributed by atoms with Crippen LogP contribution in [-0.4, -0.2) is 44.0 Å². The minimum atomic E-state index is 0.0474. The van der Waals surface area contributed by atoms with E-state index in [-0.39, 0.29) is 11.8 Å². The minimum absolute atomic E-state index is 0.0474. The molecule has 0 radical (unpaired) electrons. The van der Waals surface area contributed by atoms with Crippen molar-refractivity contribution in [2.45, 2.75) is 32.6 Å². The van der Waals surface area contributed by atoms with E-state index in [2.05, 4.69) is 20.1 Å². The molecule has 1 aliphatic rings. The third kappa shape index (κ3) is 3.24. The zero-order valence-corrected chi connectivity index (χ0v) is 15.5. The number of piperidine rings is 1. The van der Waals surface area contributed by atoms with Gasteiger partial charge in [-0.1, -0.05) is 11.2 Å². The number of pyridine rings is 1. The average molecular weight is 369 g/mol. The quantitative estimate of drug-likeness (QED) is 0.705. The summed E-state index contributed by atoms with van der Waals surface area (Å²) in [6.45, 7) is 5.15. The fourth-order valence-electron chi connectivity index (χ4n) is 3.24. The molecule has 8 heteroatoms. The van der Waals surface area contributed by atoms with Gasteiger partial charge in [-0.15, -0.1) is 11.3 Å². The lowest BCUT2D eigenvalue weighted by Gasteiger charge is -2.31. The Morgan fingerprint density at radius 1 is 1.31 bits per heavy atom. The normalized spacial score (nSPS) is 17.5. The van der Waals surface area contributed by atoms with E-state index in [4.69, 9.17) is 4.52 Å². The van der Waals surface area contributed by atoms with Crippen LogP contribution < -0.4 is 0 Å². The van der Waals surface area contributed by atoms with Crippen LogP contribution in [0.2, 0.25) is 0 Å². The summed E-state index contributed by atoms with van der Waals surface area (Å²) in [4.78, 5) is 28.6. The molecule has 0 bridgehead atoms. The van der Waals surface area contributed by atoms with Gasteiger partial charge in [-0.2, -0.15) is 4.98 Å². The molecule has 4 rings (SSSR count). The number of hydrogen-bond acceptors (Lipinski definition) is 7. The van der Waals surface area contributed by atoms with Crippen LogP contribution in [0, 0.1) is 13.8 Å². The molecular formula is C18H19N5O2S. The first-order valence-electron chi connectivity index (χ1n) is 8.60. The summed E-state index contributed by atoms with van der Waals surface area (Å²) in [6, 6.07) is 5.56.